The topological polar surface area (TPSA) is 52.6 Å². The molecule has 0 spiro atoms. The Morgan fingerprint density at radius 2 is 1.82 bits per heavy atom. The van der Waals surface area contributed by atoms with Gasteiger partial charge in [0.05, 0.1) is 6.61 Å². The second kappa shape index (κ2) is 14.5. The first-order valence-corrected chi connectivity index (χ1v) is 12.2. The van der Waals surface area contributed by atoms with Gasteiger partial charge >= 0.3 is 0 Å². The second-order valence-electron chi connectivity index (χ2n) is 9.06. The number of aliphatic hydroxyl groups excluding tert-OH is 1. The van der Waals surface area contributed by atoms with Crippen molar-refractivity contribution in [2.75, 3.05) is 19.7 Å². The summed E-state index contributed by atoms with van der Waals surface area (Å²) in [4.78, 5) is 15.6. The van der Waals surface area contributed by atoms with Crippen LogP contribution in [0.3, 0.4) is 0 Å². The van der Waals surface area contributed by atoms with Crippen molar-refractivity contribution in [3.63, 3.8) is 0 Å². The summed E-state index contributed by atoms with van der Waals surface area (Å²) < 4.78 is 0. The monoisotopic (exact) mass is 448 g/mol. The van der Waals surface area contributed by atoms with Gasteiger partial charge in [-0.3, -0.25) is 4.79 Å². The molecule has 0 aliphatic carbocycles. The van der Waals surface area contributed by atoms with E-state index >= 15 is 0 Å². The molecular formula is C29H40N2O2. The number of amides is 1. The van der Waals surface area contributed by atoms with E-state index in [-0.39, 0.29) is 18.6 Å². The fourth-order valence-corrected chi connectivity index (χ4v) is 3.76. The molecule has 1 amide bonds. The molecular weight excluding hydrogens is 408 g/mol. The smallest absolute Gasteiger partial charge is 0.254 e. The van der Waals surface area contributed by atoms with E-state index in [0.717, 1.165) is 54.6 Å². The molecule has 0 heterocycles. The lowest BCUT2D eigenvalue weighted by molar-refractivity contribution is 0.0644. The summed E-state index contributed by atoms with van der Waals surface area (Å²) in [6.07, 6.45) is 3.44. The maximum Gasteiger partial charge on any atom is 0.254 e. The molecule has 178 valence electrons. The summed E-state index contributed by atoms with van der Waals surface area (Å²) in [6.45, 7) is 11.2. The summed E-state index contributed by atoms with van der Waals surface area (Å²) >= 11 is 0. The fourth-order valence-electron chi connectivity index (χ4n) is 3.76. The molecule has 2 aromatic rings. The van der Waals surface area contributed by atoms with Gasteiger partial charge in [0.2, 0.25) is 0 Å². The van der Waals surface area contributed by atoms with Crippen molar-refractivity contribution in [3.05, 3.63) is 70.8 Å². The molecule has 2 rings (SSSR count). The third-order valence-corrected chi connectivity index (χ3v) is 5.77. The summed E-state index contributed by atoms with van der Waals surface area (Å²) in [6, 6.07) is 16.1. The second-order valence-corrected chi connectivity index (χ2v) is 9.06. The Bertz CT molecular complexity index is 909. The van der Waals surface area contributed by atoms with E-state index in [4.69, 9.17) is 5.11 Å². The fraction of sp³-hybridized carbons (Fsp3) is 0.483. The molecule has 1 atom stereocenters. The molecule has 33 heavy (non-hydrogen) atoms. The highest BCUT2D eigenvalue weighted by Crippen LogP contribution is 2.19. The van der Waals surface area contributed by atoms with Gasteiger partial charge < -0.3 is 15.3 Å². The number of hydrogen-bond donors (Lipinski definition) is 2. The van der Waals surface area contributed by atoms with Gasteiger partial charge in [-0.1, -0.05) is 62.4 Å². The number of benzene rings is 2. The van der Waals surface area contributed by atoms with Gasteiger partial charge in [-0.05, 0) is 75.0 Å². The quantitative estimate of drug-likeness (QED) is 0.348. The molecule has 0 saturated carbocycles. The van der Waals surface area contributed by atoms with Crippen LogP contribution in [-0.4, -0.2) is 41.7 Å². The minimum Gasteiger partial charge on any atom is -0.395 e. The molecule has 0 aliphatic rings. The summed E-state index contributed by atoms with van der Waals surface area (Å²) in [7, 11) is 0. The zero-order valence-electron chi connectivity index (χ0n) is 20.7. The highest BCUT2D eigenvalue weighted by Gasteiger charge is 2.23. The van der Waals surface area contributed by atoms with Gasteiger partial charge in [0, 0.05) is 30.1 Å². The molecule has 1 unspecified atom stereocenters. The van der Waals surface area contributed by atoms with E-state index in [0.29, 0.717) is 18.9 Å². The summed E-state index contributed by atoms with van der Waals surface area (Å²) in [5.41, 5.74) is 3.85. The van der Waals surface area contributed by atoms with Crippen molar-refractivity contribution in [2.45, 2.75) is 66.0 Å². The maximum absolute atomic E-state index is 13.6. The minimum absolute atomic E-state index is 0.0644. The number of aryl methyl sites for hydroxylation is 1. The van der Waals surface area contributed by atoms with Crippen LogP contribution >= 0.6 is 0 Å². The van der Waals surface area contributed by atoms with Gasteiger partial charge in [-0.25, -0.2) is 0 Å². The number of nitrogens with one attached hydrogen (secondary N) is 1. The van der Waals surface area contributed by atoms with Crippen molar-refractivity contribution >= 4 is 5.91 Å². The molecule has 0 aromatic heterocycles. The normalized spacial score (nSPS) is 11.7. The van der Waals surface area contributed by atoms with E-state index in [1.54, 1.807) is 0 Å². The van der Waals surface area contributed by atoms with Gasteiger partial charge in [0.25, 0.3) is 5.91 Å². The molecule has 0 bridgehead atoms. The first kappa shape index (κ1) is 26.6. The molecule has 0 radical (unpaired) electrons. The van der Waals surface area contributed by atoms with E-state index in [2.05, 4.69) is 44.0 Å². The Morgan fingerprint density at radius 3 is 2.48 bits per heavy atom. The van der Waals surface area contributed by atoms with Crippen molar-refractivity contribution in [1.82, 2.24) is 10.2 Å². The minimum atomic E-state index is 0.0644. The van der Waals surface area contributed by atoms with Crippen LogP contribution in [0.2, 0.25) is 0 Å². The first-order valence-electron chi connectivity index (χ1n) is 12.2. The van der Waals surface area contributed by atoms with Crippen LogP contribution in [0, 0.1) is 24.7 Å². The molecule has 4 heteroatoms. The van der Waals surface area contributed by atoms with E-state index in [1.165, 1.54) is 0 Å². The van der Waals surface area contributed by atoms with Gasteiger partial charge in [-0.15, -0.1) is 0 Å². The van der Waals surface area contributed by atoms with Crippen LogP contribution in [0.1, 0.15) is 73.5 Å². The Morgan fingerprint density at radius 1 is 1.09 bits per heavy atom. The first-order chi connectivity index (χ1) is 15.9. The summed E-state index contributed by atoms with van der Waals surface area (Å²) in [5.74, 6) is 6.84. The Balaban J connectivity index is 2.21. The van der Waals surface area contributed by atoms with Gasteiger partial charge in [0.15, 0.2) is 0 Å². The average molecular weight is 449 g/mol. The Labute approximate surface area is 200 Å². The van der Waals surface area contributed by atoms with Crippen LogP contribution in [0.25, 0.3) is 0 Å². The highest BCUT2D eigenvalue weighted by molar-refractivity contribution is 5.94. The molecule has 2 N–H and O–H groups in total. The van der Waals surface area contributed by atoms with Crippen LogP contribution in [0.4, 0.5) is 0 Å². The lowest BCUT2D eigenvalue weighted by atomic mass is 10.0. The predicted octanol–water partition coefficient (Wildman–Crippen LogP) is 5.18. The number of nitrogens with zero attached hydrogens (tertiary/aromatic N) is 1. The summed E-state index contributed by atoms with van der Waals surface area (Å²) in [5, 5.41) is 12.5. The zero-order valence-corrected chi connectivity index (χ0v) is 20.7. The van der Waals surface area contributed by atoms with Gasteiger partial charge in [-0.2, -0.15) is 0 Å². The maximum atomic E-state index is 13.6. The largest absolute Gasteiger partial charge is 0.395 e. The lowest BCUT2D eigenvalue weighted by Gasteiger charge is -2.32. The predicted molar refractivity (Wildman–Crippen MR) is 137 cm³/mol. The van der Waals surface area contributed by atoms with Gasteiger partial charge in [0.1, 0.15) is 0 Å². The Hall–Kier alpha value is -2.61. The zero-order chi connectivity index (χ0) is 24.1. The lowest BCUT2D eigenvalue weighted by Crippen LogP contribution is -2.41. The van der Waals surface area contributed by atoms with E-state index in [9.17, 15) is 4.79 Å². The standard InChI is InChI=1S/C29H40N2O2/c1-5-28(17-19-30-18-16-23(2)3)31(29(33)27-14-12-24(4)13-15-27)22-26-11-8-10-25(21-26)9-6-7-20-32/h8,10-15,21,23,28,30,32H,5,7,16-20,22H2,1-4H3. The number of carbonyl (C=O) groups excluding carboxylic acids is 1. The SMILES string of the molecule is CCC(CCNCCC(C)C)N(Cc1cccc(C#CCCO)c1)C(=O)c1ccc(C)cc1. The molecule has 2 aromatic carbocycles. The van der Waals surface area contributed by atoms with Crippen LogP contribution < -0.4 is 5.32 Å². The third kappa shape index (κ3) is 9.42. The van der Waals surface area contributed by atoms with Crippen molar-refractivity contribution < 1.29 is 9.90 Å². The van der Waals surface area contributed by atoms with Crippen molar-refractivity contribution in [1.29, 1.82) is 0 Å². The number of hydrogen-bond acceptors (Lipinski definition) is 3. The van der Waals surface area contributed by atoms with E-state index < -0.39 is 0 Å². The Kier molecular flexibility index (Phi) is 11.7. The molecule has 0 saturated heterocycles. The van der Waals surface area contributed by atoms with E-state index in [1.807, 2.05) is 54.3 Å². The van der Waals surface area contributed by atoms with Crippen LogP contribution in [-0.2, 0) is 6.54 Å². The average Bonchev–Trinajstić information content (AvgIpc) is 2.80. The number of rotatable bonds is 12. The molecule has 4 nitrogen and oxygen atoms in total. The van der Waals surface area contributed by atoms with Crippen molar-refractivity contribution in [3.8, 4) is 11.8 Å². The third-order valence-electron chi connectivity index (χ3n) is 5.77. The highest BCUT2D eigenvalue weighted by atomic mass is 16.2. The van der Waals surface area contributed by atoms with Crippen molar-refractivity contribution in [2.24, 2.45) is 5.92 Å². The van der Waals surface area contributed by atoms with Crippen LogP contribution in [0.15, 0.2) is 48.5 Å². The van der Waals surface area contributed by atoms with Crippen LogP contribution in [0.5, 0.6) is 0 Å². The number of aliphatic hydroxyl groups is 1. The number of carbonyl (C=O) groups is 1. The molecule has 0 fully saturated rings. The molecule has 0 aliphatic heterocycles.